The molecule has 0 fully saturated rings. The number of methoxy groups -OCH3 is 1. The van der Waals surface area contributed by atoms with Gasteiger partial charge in [0, 0.05) is 24.8 Å². The maximum Gasteiger partial charge on any atom is 0.218 e. The molecule has 0 radical (unpaired) electrons. The molecule has 0 atom stereocenters. The van der Waals surface area contributed by atoms with Crippen molar-refractivity contribution in [2.45, 2.75) is 40.2 Å². The lowest BCUT2D eigenvalue weighted by molar-refractivity contribution is 0.392. The van der Waals surface area contributed by atoms with E-state index in [2.05, 4.69) is 41.4 Å². The Hall–Kier alpha value is -1.78. The number of hydrogen-bond acceptors (Lipinski definition) is 3. The van der Waals surface area contributed by atoms with Crippen LogP contribution in [0.25, 0.3) is 0 Å². The first-order chi connectivity index (χ1) is 10.2. The van der Waals surface area contributed by atoms with Crippen LogP contribution < -0.4 is 15.4 Å². The van der Waals surface area contributed by atoms with Gasteiger partial charge in [-0.3, -0.25) is 0 Å². The zero-order valence-electron chi connectivity index (χ0n) is 13.6. The van der Waals surface area contributed by atoms with Crippen molar-refractivity contribution in [3.05, 3.63) is 23.9 Å². The molecule has 0 aromatic carbocycles. The van der Waals surface area contributed by atoms with Crippen LogP contribution in [-0.2, 0) is 6.54 Å². The lowest BCUT2D eigenvalue weighted by Gasteiger charge is -2.16. The maximum atomic E-state index is 5.25. The van der Waals surface area contributed by atoms with E-state index in [0.29, 0.717) is 18.3 Å². The first kappa shape index (κ1) is 17.3. The van der Waals surface area contributed by atoms with Crippen LogP contribution in [0.15, 0.2) is 23.3 Å². The van der Waals surface area contributed by atoms with Gasteiger partial charge in [-0.25, -0.2) is 9.98 Å². The summed E-state index contributed by atoms with van der Waals surface area (Å²) in [7, 11) is 1.63. The number of pyridine rings is 1. The molecule has 5 heteroatoms. The van der Waals surface area contributed by atoms with Gasteiger partial charge in [-0.05, 0) is 18.9 Å². The molecular formula is C16H28N4O. The molecule has 0 aliphatic heterocycles. The van der Waals surface area contributed by atoms with Gasteiger partial charge in [0.15, 0.2) is 5.96 Å². The summed E-state index contributed by atoms with van der Waals surface area (Å²) in [6.07, 6.45) is 4.08. The zero-order chi connectivity index (χ0) is 15.5. The molecule has 1 aromatic heterocycles. The van der Waals surface area contributed by atoms with E-state index >= 15 is 0 Å². The topological polar surface area (TPSA) is 58.5 Å². The van der Waals surface area contributed by atoms with Crippen molar-refractivity contribution in [1.29, 1.82) is 0 Å². The van der Waals surface area contributed by atoms with E-state index in [1.807, 2.05) is 12.1 Å². The van der Waals surface area contributed by atoms with Crippen LogP contribution in [0.4, 0.5) is 0 Å². The van der Waals surface area contributed by atoms with Gasteiger partial charge < -0.3 is 15.4 Å². The number of aromatic nitrogens is 1. The number of hydrogen-bond donors (Lipinski definition) is 2. The summed E-state index contributed by atoms with van der Waals surface area (Å²) >= 11 is 0. The molecule has 1 rings (SSSR count). The Morgan fingerprint density at radius 1 is 1.29 bits per heavy atom. The summed E-state index contributed by atoms with van der Waals surface area (Å²) in [4.78, 5) is 8.80. The van der Waals surface area contributed by atoms with E-state index in [9.17, 15) is 0 Å². The highest BCUT2D eigenvalue weighted by Gasteiger charge is 2.06. The molecule has 1 heterocycles. The van der Waals surface area contributed by atoms with E-state index in [1.165, 1.54) is 12.8 Å². The van der Waals surface area contributed by atoms with Gasteiger partial charge in [-0.1, -0.05) is 32.8 Å². The van der Waals surface area contributed by atoms with Gasteiger partial charge in [0.25, 0.3) is 0 Å². The third-order valence-electron chi connectivity index (χ3n) is 3.51. The van der Waals surface area contributed by atoms with Crippen molar-refractivity contribution < 1.29 is 4.74 Å². The van der Waals surface area contributed by atoms with Crippen molar-refractivity contribution in [1.82, 2.24) is 15.6 Å². The standard InChI is InChI=1S/C16H28N4O/c1-5-13(6-2)11-19-16(17-7-3)20-12-14-9-8-10-18-15(14)21-4/h8-10,13H,5-7,11-12H2,1-4H3,(H2,17,19,20). The quantitative estimate of drug-likeness (QED) is 0.571. The minimum Gasteiger partial charge on any atom is -0.481 e. The summed E-state index contributed by atoms with van der Waals surface area (Å²) < 4.78 is 5.25. The van der Waals surface area contributed by atoms with Crippen molar-refractivity contribution in [2.24, 2.45) is 10.9 Å². The normalized spacial score (nSPS) is 11.6. The molecule has 118 valence electrons. The smallest absolute Gasteiger partial charge is 0.218 e. The molecule has 0 saturated heterocycles. The Balaban J connectivity index is 2.66. The Kier molecular flexibility index (Phi) is 8.24. The fraction of sp³-hybridized carbons (Fsp3) is 0.625. The highest BCUT2D eigenvalue weighted by atomic mass is 16.5. The summed E-state index contributed by atoms with van der Waals surface area (Å²) in [6.45, 7) is 8.86. The molecule has 0 amide bonds. The molecule has 0 unspecified atom stereocenters. The van der Waals surface area contributed by atoms with Crippen molar-refractivity contribution in [3.63, 3.8) is 0 Å². The second-order valence-electron chi connectivity index (χ2n) is 4.93. The number of nitrogens with one attached hydrogen (secondary N) is 2. The average molecular weight is 292 g/mol. The predicted octanol–water partition coefficient (Wildman–Crippen LogP) is 2.58. The van der Waals surface area contributed by atoms with E-state index < -0.39 is 0 Å². The lowest BCUT2D eigenvalue weighted by atomic mass is 10.0. The molecule has 0 bridgehead atoms. The fourth-order valence-corrected chi connectivity index (χ4v) is 2.05. The van der Waals surface area contributed by atoms with E-state index in [-0.39, 0.29) is 0 Å². The Morgan fingerprint density at radius 2 is 2.05 bits per heavy atom. The number of guanidine groups is 1. The predicted molar refractivity (Wildman–Crippen MR) is 87.7 cm³/mol. The molecule has 5 nitrogen and oxygen atoms in total. The van der Waals surface area contributed by atoms with Crippen LogP contribution in [0.1, 0.15) is 39.2 Å². The minimum absolute atomic E-state index is 0.551. The van der Waals surface area contributed by atoms with Gasteiger partial charge in [0.2, 0.25) is 5.88 Å². The van der Waals surface area contributed by atoms with Crippen LogP contribution in [0, 0.1) is 5.92 Å². The molecule has 0 spiro atoms. The number of rotatable bonds is 8. The van der Waals surface area contributed by atoms with Gasteiger partial charge in [-0.2, -0.15) is 0 Å². The largest absolute Gasteiger partial charge is 0.481 e. The van der Waals surface area contributed by atoms with Gasteiger partial charge in [0.05, 0.1) is 13.7 Å². The van der Waals surface area contributed by atoms with Crippen LogP contribution in [-0.4, -0.2) is 31.1 Å². The lowest BCUT2D eigenvalue weighted by Crippen LogP contribution is -2.39. The Bertz CT molecular complexity index is 430. The van der Waals surface area contributed by atoms with E-state index in [0.717, 1.165) is 24.6 Å². The van der Waals surface area contributed by atoms with E-state index in [1.54, 1.807) is 13.3 Å². The minimum atomic E-state index is 0.551. The maximum absolute atomic E-state index is 5.25. The second-order valence-corrected chi connectivity index (χ2v) is 4.93. The second kappa shape index (κ2) is 10.0. The highest BCUT2D eigenvalue weighted by molar-refractivity contribution is 5.79. The molecule has 1 aromatic rings. The van der Waals surface area contributed by atoms with Crippen molar-refractivity contribution in [3.8, 4) is 5.88 Å². The van der Waals surface area contributed by atoms with Crippen LogP contribution in [0.3, 0.4) is 0 Å². The monoisotopic (exact) mass is 292 g/mol. The van der Waals surface area contributed by atoms with Crippen LogP contribution in [0.5, 0.6) is 5.88 Å². The first-order valence-electron chi connectivity index (χ1n) is 7.75. The van der Waals surface area contributed by atoms with Crippen LogP contribution in [0.2, 0.25) is 0 Å². The summed E-state index contributed by atoms with van der Waals surface area (Å²) in [6, 6.07) is 3.89. The summed E-state index contributed by atoms with van der Waals surface area (Å²) in [5, 5.41) is 6.68. The molecule has 2 N–H and O–H groups in total. The fourth-order valence-electron chi connectivity index (χ4n) is 2.05. The zero-order valence-corrected chi connectivity index (χ0v) is 13.6. The Morgan fingerprint density at radius 3 is 2.67 bits per heavy atom. The van der Waals surface area contributed by atoms with Crippen LogP contribution >= 0.6 is 0 Å². The van der Waals surface area contributed by atoms with Gasteiger partial charge >= 0.3 is 0 Å². The molecule has 0 saturated carbocycles. The molecule has 0 aliphatic carbocycles. The number of ether oxygens (including phenoxy) is 1. The van der Waals surface area contributed by atoms with Gasteiger partial charge in [0.1, 0.15) is 0 Å². The SMILES string of the molecule is CCNC(=NCc1cccnc1OC)NCC(CC)CC. The highest BCUT2D eigenvalue weighted by Crippen LogP contribution is 2.14. The van der Waals surface area contributed by atoms with Gasteiger partial charge in [-0.15, -0.1) is 0 Å². The summed E-state index contributed by atoms with van der Waals surface area (Å²) in [5.41, 5.74) is 0.986. The Labute approximate surface area is 128 Å². The van der Waals surface area contributed by atoms with Crippen molar-refractivity contribution in [2.75, 3.05) is 20.2 Å². The number of nitrogens with zero attached hydrogens (tertiary/aromatic N) is 2. The summed E-state index contributed by atoms with van der Waals surface area (Å²) in [5.74, 6) is 2.16. The van der Waals surface area contributed by atoms with Crippen molar-refractivity contribution >= 4 is 5.96 Å². The third kappa shape index (κ3) is 6.02. The number of aliphatic imine (C=N–C) groups is 1. The third-order valence-corrected chi connectivity index (χ3v) is 3.51. The molecule has 21 heavy (non-hydrogen) atoms. The van der Waals surface area contributed by atoms with E-state index in [4.69, 9.17) is 4.74 Å². The molecular weight excluding hydrogens is 264 g/mol. The average Bonchev–Trinajstić information content (AvgIpc) is 2.53. The first-order valence-corrected chi connectivity index (χ1v) is 7.75. The molecule has 0 aliphatic rings.